The van der Waals surface area contributed by atoms with Crippen LogP contribution in [-0.4, -0.2) is 66.8 Å². The summed E-state index contributed by atoms with van der Waals surface area (Å²) in [6.45, 7) is 15.3. The Labute approximate surface area is 290 Å². The van der Waals surface area contributed by atoms with Crippen molar-refractivity contribution >= 4 is 23.7 Å². The van der Waals surface area contributed by atoms with Crippen molar-refractivity contribution in [2.75, 3.05) is 33.7 Å². The molecule has 1 N–H and O–H groups in total. The minimum atomic E-state index is -0.893. The predicted octanol–water partition coefficient (Wildman–Crippen LogP) is 8.60. The van der Waals surface area contributed by atoms with Gasteiger partial charge in [0.2, 0.25) is 5.91 Å². The van der Waals surface area contributed by atoms with Crippen molar-refractivity contribution in [3.63, 3.8) is 0 Å². The summed E-state index contributed by atoms with van der Waals surface area (Å²) < 4.78 is 0. The van der Waals surface area contributed by atoms with E-state index in [9.17, 15) is 19.5 Å². The molecule has 48 heavy (non-hydrogen) atoms. The van der Waals surface area contributed by atoms with Gasteiger partial charge in [-0.15, -0.1) is 0 Å². The minimum Gasteiger partial charge on any atom is -0.481 e. The highest BCUT2D eigenvalue weighted by atomic mass is 16.4. The average molecular weight is 659 g/mol. The van der Waals surface area contributed by atoms with Gasteiger partial charge in [0.25, 0.3) is 0 Å². The van der Waals surface area contributed by atoms with E-state index in [1.54, 1.807) is 0 Å². The van der Waals surface area contributed by atoms with Crippen LogP contribution in [0.5, 0.6) is 0 Å². The van der Waals surface area contributed by atoms with Gasteiger partial charge in [0, 0.05) is 31.6 Å². The van der Waals surface area contributed by atoms with Crippen LogP contribution in [0.4, 0.5) is 0 Å². The fourth-order valence-corrected chi connectivity index (χ4v) is 13.2. The normalized spacial score (nSPS) is 38.2. The highest BCUT2D eigenvalue weighted by Gasteiger charge is 2.69. The first kappa shape index (κ1) is 35.4. The van der Waals surface area contributed by atoms with Crippen molar-refractivity contribution in [2.45, 2.75) is 112 Å². The molecule has 6 unspecified atom stereocenters. The van der Waals surface area contributed by atoms with Crippen LogP contribution in [-0.2, 0) is 9.59 Å². The second kappa shape index (κ2) is 12.7. The number of hydrogen-bond donors (Lipinski definition) is 1. The number of allylic oxidation sites excluding steroid dienone is 2. The van der Waals surface area contributed by atoms with Crippen LogP contribution in [0.2, 0.25) is 0 Å². The number of likely N-dealkylation sites (N-methyl/N-ethyl adjacent to an activating group) is 1. The molecule has 1 amide bonds. The lowest BCUT2D eigenvalue weighted by molar-refractivity contribution is -0.224. The molecule has 1 aromatic rings. The molecule has 6 rings (SSSR count). The van der Waals surface area contributed by atoms with Crippen LogP contribution in [0.15, 0.2) is 30.3 Å². The molecule has 6 nitrogen and oxygen atoms in total. The number of amides is 1. The molecule has 6 heteroatoms. The Bertz CT molecular complexity index is 1430. The van der Waals surface area contributed by atoms with Crippen molar-refractivity contribution in [1.82, 2.24) is 9.80 Å². The SMILES string of the molecule is CN(C)CCN(CC12CCC[C@@H]1C1CCC3C4(C)CC=C(c5ccc(C=O)cc5)C(C)(C)C4CCC3(C)[C@]1(C)CC2)C(=O)CCC(=O)O. The van der Waals surface area contributed by atoms with Gasteiger partial charge < -0.3 is 14.9 Å². The molecule has 264 valence electrons. The Morgan fingerprint density at radius 3 is 2.23 bits per heavy atom. The number of carbonyl (C=O) groups excluding carboxylic acids is 2. The number of aliphatic carboxylic acids is 1. The minimum absolute atomic E-state index is 0.0153. The number of fused-ring (bicyclic) bond motifs is 7. The quantitative estimate of drug-likeness (QED) is 0.255. The van der Waals surface area contributed by atoms with Gasteiger partial charge in [0.15, 0.2) is 0 Å². The van der Waals surface area contributed by atoms with E-state index < -0.39 is 5.97 Å². The first-order valence-corrected chi connectivity index (χ1v) is 19.0. The summed E-state index contributed by atoms with van der Waals surface area (Å²) in [7, 11) is 4.10. The van der Waals surface area contributed by atoms with Gasteiger partial charge in [-0.3, -0.25) is 14.4 Å². The first-order chi connectivity index (χ1) is 22.6. The van der Waals surface area contributed by atoms with Crippen molar-refractivity contribution in [3.05, 3.63) is 41.5 Å². The topological polar surface area (TPSA) is 77.9 Å². The fourth-order valence-electron chi connectivity index (χ4n) is 13.2. The molecule has 0 bridgehead atoms. The van der Waals surface area contributed by atoms with Gasteiger partial charge in [-0.05, 0) is 134 Å². The predicted molar refractivity (Wildman–Crippen MR) is 192 cm³/mol. The number of benzene rings is 1. The molecule has 8 atom stereocenters. The second-order valence-corrected chi connectivity index (χ2v) is 18.3. The largest absolute Gasteiger partial charge is 0.481 e. The summed E-state index contributed by atoms with van der Waals surface area (Å²) in [5, 5.41) is 9.32. The third kappa shape index (κ3) is 5.60. The summed E-state index contributed by atoms with van der Waals surface area (Å²) >= 11 is 0. The highest BCUT2D eigenvalue weighted by Crippen LogP contribution is 2.77. The summed E-state index contributed by atoms with van der Waals surface area (Å²) in [4.78, 5) is 40.4. The Hall–Kier alpha value is -2.47. The molecule has 1 aromatic carbocycles. The third-order valence-corrected chi connectivity index (χ3v) is 15.7. The Morgan fingerprint density at radius 1 is 0.833 bits per heavy atom. The van der Waals surface area contributed by atoms with Gasteiger partial charge >= 0.3 is 5.97 Å². The molecule has 0 radical (unpaired) electrons. The van der Waals surface area contributed by atoms with Gasteiger partial charge in [-0.25, -0.2) is 0 Å². The smallest absolute Gasteiger partial charge is 0.303 e. The lowest BCUT2D eigenvalue weighted by Gasteiger charge is -2.72. The molecule has 0 spiro atoms. The van der Waals surface area contributed by atoms with Gasteiger partial charge in [0.1, 0.15) is 6.29 Å². The second-order valence-electron chi connectivity index (χ2n) is 18.3. The standard InChI is InChI=1S/C42H62N2O4/c1-38(2)31(30-12-10-29(27-45)11-13-30)18-21-39(3)34(38)19-22-41(5)35(39)15-14-32-33-9-8-20-42(33,24-23-40(32,41)4)28-44(26-25-43(6)7)36(46)16-17-37(47)48/h10-13,18,27,32-35H,8-9,14-17,19-26,28H2,1-7H3,(H,47,48)/t32?,33-,34?,35?,39?,40-,41?,42?/m1/s1. The van der Waals surface area contributed by atoms with E-state index in [-0.39, 0.29) is 45.8 Å². The highest BCUT2D eigenvalue weighted by molar-refractivity contribution is 5.81. The lowest BCUT2D eigenvalue weighted by Crippen LogP contribution is -2.65. The van der Waals surface area contributed by atoms with E-state index in [4.69, 9.17) is 0 Å². The monoisotopic (exact) mass is 658 g/mol. The molecule has 4 fully saturated rings. The van der Waals surface area contributed by atoms with E-state index in [0.717, 1.165) is 31.4 Å². The number of rotatable bonds is 10. The van der Waals surface area contributed by atoms with Crippen LogP contribution >= 0.6 is 0 Å². The van der Waals surface area contributed by atoms with Crippen LogP contribution < -0.4 is 0 Å². The summed E-state index contributed by atoms with van der Waals surface area (Å²) in [5.41, 5.74) is 4.49. The molecule has 0 aromatic heterocycles. The Kier molecular flexibility index (Phi) is 9.35. The van der Waals surface area contributed by atoms with Gasteiger partial charge in [0.05, 0.1) is 6.42 Å². The molecule has 0 aliphatic heterocycles. The van der Waals surface area contributed by atoms with Crippen molar-refractivity contribution in [2.24, 2.45) is 50.7 Å². The number of carboxylic acid groups (broad SMARTS) is 1. The van der Waals surface area contributed by atoms with E-state index in [2.05, 4.69) is 62.6 Å². The maximum atomic E-state index is 13.5. The number of aldehydes is 1. The number of carbonyl (C=O) groups is 3. The van der Waals surface area contributed by atoms with Crippen LogP contribution in [0.3, 0.4) is 0 Å². The number of nitrogens with zero attached hydrogens (tertiary/aromatic N) is 2. The van der Waals surface area contributed by atoms with Gasteiger partial charge in [-0.1, -0.05) is 71.4 Å². The van der Waals surface area contributed by atoms with Crippen LogP contribution in [0.1, 0.15) is 128 Å². The van der Waals surface area contributed by atoms with Crippen LogP contribution in [0, 0.1) is 50.7 Å². The van der Waals surface area contributed by atoms with E-state index >= 15 is 0 Å². The Morgan fingerprint density at radius 2 is 1.56 bits per heavy atom. The molecule has 4 saturated carbocycles. The maximum Gasteiger partial charge on any atom is 0.303 e. The molecule has 0 saturated heterocycles. The van der Waals surface area contributed by atoms with E-state index in [0.29, 0.717) is 30.2 Å². The van der Waals surface area contributed by atoms with Crippen molar-refractivity contribution in [3.8, 4) is 0 Å². The van der Waals surface area contributed by atoms with E-state index in [1.807, 2.05) is 26.2 Å². The van der Waals surface area contributed by atoms with E-state index in [1.165, 1.54) is 68.9 Å². The van der Waals surface area contributed by atoms with Crippen molar-refractivity contribution < 1.29 is 19.5 Å². The summed E-state index contributed by atoms with van der Waals surface area (Å²) in [6.07, 6.45) is 15.9. The Balaban J connectivity index is 1.27. The molecule has 5 aliphatic rings. The first-order valence-electron chi connectivity index (χ1n) is 19.0. The summed E-state index contributed by atoms with van der Waals surface area (Å²) in [6, 6.07) is 8.23. The lowest BCUT2D eigenvalue weighted by atomic mass is 9.32. The molecular weight excluding hydrogens is 596 g/mol. The maximum absolute atomic E-state index is 13.5. The molecular formula is C42H62N2O4. The zero-order valence-corrected chi connectivity index (χ0v) is 30.9. The molecule has 5 aliphatic carbocycles. The van der Waals surface area contributed by atoms with Crippen molar-refractivity contribution in [1.29, 1.82) is 0 Å². The zero-order valence-electron chi connectivity index (χ0n) is 30.9. The number of carboxylic acids is 1. The number of hydrogen-bond acceptors (Lipinski definition) is 4. The third-order valence-electron chi connectivity index (χ3n) is 15.7. The summed E-state index contributed by atoms with van der Waals surface area (Å²) in [5.74, 6) is 1.74. The zero-order chi connectivity index (χ0) is 34.7. The molecule has 0 heterocycles. The van der Waals surface area contributed by atoms with Gasteiger partial charge in [-0.2, -0.15) is 0 Å². The van der Waals surface area contributed by atoms with Crippen LogP contribution in [0.25, 0.3) is 5.57 Å². The fraction of sp³-hybridized carbons (Fsp3) is 0.738. The average Bonchev–Trinajstić information content (AvgIpc) is 3.46.